The Kier molecular flexibility index (Phi) is 7.38. The van der Waals surface area contributed by atoms with Crippen LogP contribution in [0.25, 0.3) is 10.9 Å². The molecule has 1 aromatic heterocycles. The van der Waals surface area contributed by atoms with Crippen LogP contribution in [0.5, 0.6) is 0 Å². The zero-order chi connectivity index (χ0) is 27.2. The van der Waals surface area contributed by atoms with Crippen molar-refractivity contribution in [3.8, 4) is 0 Å². The van der Waals surface area contributed by atoms with Gasteiger partial charge in [0, 0.05) is 61.8 Å². The van der Waals surface area contributed by atoms with Crippen LogP contribution < -0.4 is 9.62 Å². The summed E-state index contributed by atoms with van der Waals surface area (Å²) >= 11 is 5.74. The normalized spacial score (nSPS) is 20.4. The number of amides is 2. The van der Waals surface area contributed by atoms with Gasteiger partial charge in [0.2, 0.25) is 21.8 Å². The van der Waals surface area contributed by atoms with Crippen LogP contribution in [-0.4, -0.2) is 90.5 Å². The molecule has 38 heavy (non-hydrogen) atoms. The maximum absolute atomic E-state index is 13.5. The molecule has 0 bridgehead atoms. The standard InChI is InChI=1S/C26H37ClN6O4S/c1-18(2)25(35)32-12-10-30(11-13-32)22-14-20(38(36,37)29-26(3)6-7-26)15-23-21(22)17-28-33(23)19-4-8-31(9-5-19)24(34)16-27/h14-15,17-19,29H,4-13,16H2,1-3H3. The number of alkyl halides is 1. The average Bonchev–Trinajstić information content (AvgIpc) is 3.46. The summed E-state index contributed by atoms with van der Waals surface area (Å²) in [7, 11) is -3.74. The molecule has 1 aliphatic carbocycles. The van der Waals surface area contributed by atoms with Gasteiger partial charge in [0.15, 0.2) is 0 Å². The number of anilines is 1. The van der Waals surface area contributed by atoms with Gasteiger partial charge in [0.05, 0.1) is 22.7 Å². The fraction of sp³-hybridized carbons (Fsp3) is 0.654. The maximum Gasteiger partial charge on any atom is 0.241 e. The molecule has 2 aliphatic heterocycles. The van der Waals surface area contributed by atoms with Gasteiger partial charge in [-0.1, -0.05) is 13.8 Å². The number of carbonyl (C=O) groups excluding carboxylic acids is 2. The molecule has 0 radical (unpaired) electrons. The minimum atomic E-state index is -3.74. The SMILES string of the molecule is CC(C)C(=O)N1CCN(c2cc(S(=O)(=O)NC3(C)CC3)cc3c2cnn3C2CCN(C(=O)CCl)CC2)CC1. The molecule has 2 amide bonds. The van der Waals surface area contributed by atoms with Gasteiger partial charge in [0.25, 0.3) is 0 Å². The van der Waals surface area contributed by atoms with Crippen LogP contribution in [0.1, 0.15) is 52.5 Å². The summed E-state index contributed by atoms with van der Waals surface area (Å²) in [6.07, 6.45) is 4.91. The Morgan fingerprint density at radius 2 is 1.74 bits per heavy atom. The molecule has 12 heteroatoms. The van der Waals surface area contributed by atoms with Crippen LogP contribution in [-0.2, 0) is 19.6 Å². The van der Waals surface area contributed by atoms with E-state index in [0.29, 0.717) is 39.3 Å². The van der Waals surface area contributed by atoms with E-state index < -0.39 is 15.6 Å². The summed E-state index contributed by atoms with van der Waals surface area (Å²) < 4.78 is 31.8. The zero-order valence-electron chi connectivity index (χ0n) is 22.3. The Morgan fingerprint density at radius 3 is 2.32 bits per heavy atom. The van der Waals surface area contributed by atoms with E-state index in [1.54, 1.807) is 17.0 Å². The quantitative estimate of drug-likeness (QED) is 0.518. The van der Waals surface area contributed by atoms with Crippen molar-refractivity contribution in [3.05, 3.63) is 18.3 Å². The molecule has 2 aromatic rings. The fourth-order valence-corrected chi connectivity index (χ4v) is 7.13. The minimum absolute atomic E-state index is 0.0259. The van der Waals surface area contributed by atoms with Gasteiger partial charge < -0.3 is 14.7 Å². The van der Waals surface area contributed by atoms with Crippen molar-refractivity contribution in [2.45, 2.75) is 62.9 Å². The second-order valence-corrected chi connectivity index (χ2v) is 13.3. The average molecular weight is 565 g/mol. The first kappa shape index (κ1) is 27.2. The van der Waals surface area contributed by atoms with E-state index in [2.05, 4.69) is 9.62 Å². The summed E-state index contributed by atoms with van der Waals surface area (Å²) in [6, 6.07) is 3.53. The van der Waals surface area contributed by atoms with Gasteiger partial charge in [0.1, 0.15) is 5.88 Å². The Hall–Kier alpha value is -2.37. The molecular weight excluding hydrogens is 528 g/mol. The van der Waals surface area contributed by atoms with Gasteiger partial charge in [-0.2, -0.15) is 5.10 Å². The Morgan fingerprint density at radius 1 is 1.08 bits per heavy atom. The molecular formula is C26H37ClN6O4S. The van der Waals surface area contributed by atoms with Crippen molar-refractivity contribution in [1.82, 2.24) is 24.3 Å². The molecule has 3 aliphatic rings. The largest absolute Gasteiger partial charge is 0.367 e. The van der Waals surface area contributed by atoms with Crippen molar-refractivity contribution in [2.75, 3.05) is 50.0 Å². The molecule has 208 valence electrons. The summed E-state index contributed by atoms with van der Waals surface area (Å²) in [5, 5.41) is 5.61. The lowest BCUT2D eigenvalue weighted by Gasteiger charge is -2.37. The second kappa shape index (κ2) is 10.3. The van der Waals surface area contributed by atoms with E-state index in [9.17, 15) is 18.0 Å². The van der Waals surface area contributed by atoms with Crippen molar-refractivity contribution >= 4 is 50.0 Å². The number of likely N-dealkylation sites (tertiary alicyclic amines) is 1. The number of fused-ring (bicyclic) bond motifs is 1. The van der Waals surface area contributed by atoms with Crippen LogP contribution in [0, 0.1) is 5.92 Å². The number of nitrogens with one attached hydrogen (secondary N) is 1. The number of hydrogen-bond donors (Lipinski definition) is 1. The number of halogens is 1. The molecule has 5 rings (SSSR count). The summed E-state index contributed by atoms with van der Waals surface area (Å²) in [5.74, 6) is -0.0105. The summed E-state index contributed by atoms with van der Waals surface area (Å²) in [5.41, 5.74) is 1.20. The second-order valence-electron chi connectivity index (χ2n) is 11.3. The first-order valence-electron chi connectivity index (χ1n) is 13.4. The molecule has 0 spiro atoms. The molecule has 0 atom stereocenters. The van der Waals surface area contributed by atoms with Gasteiger partial charge in [-0.15, -0.1) is 11.6 Å². The number of hydrogen-bond acceptors (Lipinski definition) is 6. The van der Waals surface area contributed by atoms with Crippen LogP contribution in [0.15, 0.2) is 23.2 Å². The number of nitrogens with zero attached hydrogens (tertiary/aromatic N) is 5. The van der Waals surface area contributed by atoms with Crippen LogP contribution in [0.2, 0.25) is 0 Å². The highest BCUT2D eigenvalue weighted by Crippen LogP contribution is 2.38. The highest BCUT2D eigenvalue weighted by Gasteiger charge is 2.41. The fourth-order valence-electron chi connectivity index (χ4n) is 5.46. The van der Waals surface area contributed by atoms with Crippen LogP contribution in [0.3, 0.4) is 0 Å². The lowest BCUT2D eigenvalue weighted by Crippen LogP contribution is -2.50. The zero-order valence-corrected chi connectivity index (χ0v) is 23.9. The van der Waals surface area contributed by atoms with E-state index in [1.807, 2.05) is 36.5 Å². The van der Waals surface area contributed by atoms with Crippen LogP contribution >= 0.6 is 11.6 Å². The van der Waals surface area contributed by atoms with Gasteiger partial charge in [-0.25, -0.2) is 13.1 Å². The highest BCUT2D eigenvalue weighted by molar-refractivity contribution is 7.89. The van der Waals surface area contributed by atoms with Crippen molar-refractivity contribution in [2.24, 2.45) is 5.92 Å². The Labute approximate surface area is 229 Å². The smallest absolute Gasteiger partial charge is 0.241 e. The first-order chi connectivity index (χ1) is 18.0. The topological polar surface area (TPSA) is 108 Å². The highest BCUT2D eigenvalue weighted by atomic mass is 35.5. The number of piperidine rings is 1. The lowest BCUT2D eigenvalue weighted by atomic mass is 10.0. The van der Waals surface area contributed by atoms with Gasteiger partial charge in [-0.05, 0) is 44.7 Å². The number of piperazine rings is 1. The van der Waals surface area contributed by atoms with Crippen molar-refractivity contribution in [1.29, 1.82) is 0 Å². The molecule has 3 heterocycles. The number of sulfonamides is 1. The number of carbonyl (C=O) groups is 2. The maximum atomic E-state index is 13.5. The van der Waals surface area contributed by atoms with Crippen molar-refractivity contribution < 1.29 is 18.0 Å². The van der Waals surface area contributed by atoms with E-state index >= 15 is 0 Å². The molecule has 1 N–H and O–H groups in total. The van der Waals surface area contributed by atoms with E-state index in [-0.39, 0.29) is 34.5 Å². The van der Waals surface area contributed by atoms with Gasteiger partial charge >= 0.3 is 0 Å². The van der Waals surface area contributed by atoms with Crippen molar-refractivity contribution in [3.63, 3.8) is 0 Å². The third-order valence-corrected chi connectivity index (χ3v) is 9.91. The predicted molar refractivity (Wildman–Crippen MR) is 147 cm³/mol. The molecule has 2 saturated heterocycles. The Balaban J connectivity index is 1.48. The van der Waals surface area contributed by atoms with E-state index in [1.165, 1.54) is 0 Å². The molecule has 10 nitrogen and oxygen atoms in total. The number of benzene rings is 1. The molecule has 3 fully saturated rings. The molecule has 0 unspecified atom stereocenters. The summed E-state index contributed by atoms with van der Waals surface area (Å²) in [4.78, 5) is 30.6. The Bertz CT molecular complexity index is 1320. The van der Waals surface area contributed by atoms with E-state index in [0.717, 1.165) is 42.3 Å². The lowest BCUT2D eigenvalue weighted by molar-refractivity contribution is -0.134. The first-order valence-corrected chi connectivity index (χ1v) is 15.5. The van der Waals surface area contributed by atoms with Crippen LogP contribution in [0.4, 0.5) is 5.69 Å². The predicted octanol–water partition coefficient (Wildman–Crippen LogP) is 2.57. The number of rotatable bonds is 7. The van der Waals surface area contributed by atoms with E-state index in [4.69, 9.17) is 16.7 Å². The third-order valence-electron chi connectivity index (χ3n) is 8.06. The summed E-state index contributed by atoms with van der Waals surface area (Å²) in [6.45, 7) is 9.34. The molecule has 1 saturated carbocycles. The monoisotopic (exact) mass is 564 g/mol. The minimum Gasteiger partial charge on any atom is -0.367 e. The number of aromatic nitrogens is 2. The third kappa shape index (κ3) is 5.37. The molecule has 1 aromatic carbocycles. The van der Waals surface area contributed by atoms with Gasteiger partial charge in [-0.3, -0.25) is 14.3 Å².